The maximum absolute atomic E-state index is 12.0. The number of methoxy groups -OCH3 is 1. The number of benzene rings is 1. The third-order valence-corrected chi connectivity index (χ3v) is 3.56. The standard InChI is InChI=1S/C12H13N5O4S/c1-21-9-3-2-7(6-8(9)17(19)20)11(18)14-5-4-10-15-16-12(13)22-10/h2-3,6H,4-5H2,1H3,(H2,13,16)(H,14,18). The first kappa shape index (κ1) is 15.6. The molecule has 0 atom stereocenters. The average molecular weight is 323 g/mol. The summed E-state index contributed by atoms with van der Waals surface area (Å²) in [7, 11) is 1.33. The number of carbonyl (C=O) groups excluding carboxylic acids is 1. The third-order valence-electron chi connectivity index (χ3n) is 2.74. The Kier molecular flexibility index (Phi) is 4.84. The van der Waals surface area contributed by atoms with Crippen molar-refractivity contribution >= 4 is 28.1 Å². The SMILES string of the molecule is COc1ccc(C(=O)NCCc2nnc(N)s2)cc1[N+](=O)[O-]. The molecule has 10 heteroatoms. The van der Waals surface area contributed by atoms with Gasteiger partial charge >= 0.3 is 5.69 Å². The van der Waals surface area contributed by atoms with Gasteiger partial charge in [0.2, 0.25) is 5.13 Å². The van der Waals surface area contributed by atoms with Crippen molar-refractivity contribution in [1.82, 2.24) is 15.5 Å². The Balaban J connectivity index is 2.00. The number of ether oxygens (including phenoxy) is 1. The Morgan fingerprint density at radius 1 is 1.50 bits per heavy atom. The number of rotatable bonds is 6. The molecule has 0 saturated heterocycles. The summed E-state index contributed by atoms with van der Waals surface area (Å²) in [4.78, 5) is 22.3. The molecule has 0 spiro atoms. The van der Waals surface area contributed by atoms with Gasteiger partial charge in [-0.15, -0.1) is 10.2 Å². The summed E-state index contributed by atoms with van der Waals surface area (Å²) < 4.78 is 4.88. The van der Waals surface area contributed by atoms with E-state index in [2.05, 4.69) is 15.5 Å². The molecule has 2 aromatic rings. The number of nitro benzene ring substituents is 1. The van der Waals surface area contributed by atoms with E-state index >= 15 is 0 Å². The number of hydrogen-bond acceptors (Lipinski definition) is 8. The van der Waals surface area contributed by atoms with Crippen molar-refractivity contribution in [3.05, 3.63) is 38.9 Å². The molecule has 1 heterocycles. The molecule has 0 aliphatic rings. The van der Waals surface area contributed by atoms with Crippen molar-refractivity contribution < 1.29 is 14.5 Å². The Morgan fingerprint density at radius 2 is 2.27 bits per heavy atom. The number of anilines is 1. The minimum Gasteiger partial charge on any atom is -0.490 e. The maximum atomic E-state index is 12.0. The van der Waals surface area contributed by atoms with Crippen LogP contribution < -0.4 is 15.8 Å². The molecule has 0 unspecified atom stereocenters. The molecule has 0 fully saturated rings. The largest absolute Gasteiger partial charge is 0.490 e. The Labute approximate surface area is 129 Å². The molecule has 1 aromatic heterocycles. The highest BCUT2D eigenvalue weighted by Gasteiger charge is 2.18. The minimum absolute atomic E-state index is 0.103. The lowest BCUT2D eigenvalue weighted by molar-refractivity contribution is -0.385. The number of hydrogen-bond donors (Lipinski definition) is 2. The van der Waals surface area contributed by atoms with E-state index in [-0.39, 0.29) is 17.0 Å². The van der Waals surface area contributed by atoms with Crippen LogP contribution in [0.1, 0.15) is 15.4 Å². The summed E-state index contributed by atoms with van der Waals surface area (Å²) in [5.74, 6) is -0.311. The van der Waals surface area contributed by atoms with Crippen LogP contribution in [0.3, 0.4) is 0 Å². The Morgan fingerprint density at radius 3 is 2.86 bits per heavy atom. The van der Waals surface area contributed by atoms with Crippen molar-refractivity contribution in [1.29, 1.82) is 0 Å². The van der Waals surface area contributed by atoms with E-state index in [1.54, 1.807) is 0 Å². The number of nitrogens with one attached hydrogen (secondary N) is 1. The molecule has 0 saturated carbocycles. The van der Waals surface area contributed by atoms with E-state index in [1.807, 2.05) is 0 Å². The van der Waals surface area contributed by atoms with Gasteiger partial charge in [0.15, 0.2) is 5.75 Å². The summed E-state index contributed by atoms with van der Waals surface area (Å²) >= 11 is 1.24. The molecule has 0 aliphatic carbocycles. The second-order valence-electron chi connectivity index (χ2n) is 4.18. The highest BCUT2D eigenvalue weighted by atomic mass is 32.1. The normalized spacial score (nSPS) is 10.2. The topological polar surface area (TPSA) is 133 Å². The van der Waals surface area contributed by atoms with Crippen LogP contribution in [-0.2, 0) is 6.42 Å². The van der Waals surface area contributed by atoms with Gasteiger partial charge in [0.25, 0.3) is 5.91 Å². The zero-order chi connectivity index (χ0) is 16.1. The van der Waals surface area contributed by atoms with E-state index in [1.165, 1.54) is 36.6 Å². The third kappa shape index (κ3) is 3.67. The van der Waals surface area contributed by atoms with Gasteiger partial charge in [-0.05, 0) is 12.1 Å². The lowest BCUT2D eigenvalue weighted by atomic mass is 10.1. The molecule has 9 nitrogen and oxygen atoms in total. The minimum atomic E-state index is -0.598. The summed E-state index contributed by atoms with van der Waals surface area (Å²) in [6.45, 7) is 0.327. The van der Waals surface area contributed by atoms with Crippen LogP contribution in [0.4, 0.5) is 10.8 Å². The maximum Gasteiger partial charge on any atom is 0.311 e. The Bertz CT molecular complexity index is 703. The summed E-state index contributed by atoms with van der Waals surface area (Å²) in [6, 6.07) is 4.03. The lowest BCUT2D eigenvalue weighted by Gasteiger charge is -2.06. The lowest BCUT2D eigenvalue weighted by Crippen LogP contribution is -2.25. The fraction of sp³-hybridized carbons (Fsp3) is 0.250. The van der Waals surface area contributed by atoms with Crippen molar-refractivity contribution in [2.24, 2.45) is 0 Å². The molecule has 3 N–H and O–H groups in total. The molecular weight excluding hydrogens is 310 g/mol. The van der Waals surface area contributed by atoms with Crippen molar-refractivity contribution in [2.45, 2.75) is 6.42 Å². The first-order valence-corrected chi connectivity index (χ1v) is 7.01. The van der Waals surface area contributed by atoms with E-state index in [0.29, 0.717) is 23.1 Å². The van der Waals surface area contributed by atoms with E-state index in [4.69, 9.17) is 10.5 Å². The van der Waals surface area contributed by atoms with Crippen molar-refractivity contribution in [3.8, 4) is 5.75 Å². The van der Waals surface area contributed by atoms with Gasteiger partial charge in [-0.1, -0.05) is 11.3 Å². The second kappa shape index (κ2) is 6.80. The summed E-state index contributed by atoms with van der Waals surface area (Å²) in [5, 5.41) is 22.2. The molecule has 1 aromatic carbocycles. The van der Waals surface area contributed by atoms with Crippen molar-refractivity contribution in [3.63, 3.8) is 0 Å². The molecule has 0 radical (unpaired) electrons. The van der Waals surface area contributed by atoms with E-state index in [9.17, 15) is 14.9 Å². The van der Waals surface area contributed by atoms with E-state index in [0.717, 1.165) is 0 Å². The molecular formula is C12H13N5O4S. The smallest absolute Gasteiger partial charge is 0.311 e. The molecule has 22 heavy (non-hydrogen) atoms. The Hall–Kier alpha value is -2.75. The number of carbonyl (C=O) groups is 1. The highest BCUT2D eigenvalue weighted by molar-refractivity contribution is 7.15. The monoisotopic (exact) mass is 323 g/mol. The van der Waals surface area contributed by atoms with Gasteiger partial charge in [-0.2, -0.15) is 0 Å². The number of amides is 1. The number of nitrogens with two attached hydrogens (primary N) is 1. The van der Waals surface area contributed by atoms with Gasteiger partial charge in [0.1, 0.15) is 5.01 Å². The molecule has 0 aliphatic heterocycles. The van der Waals surface area contributed by atoms with Crippen LogP contribution in [0.2, 0.25) is 0 Å². The zero-order valence-corrected chi connectivity index (χ0v) is 12.4. The summed E-state index contributed by atoms with van der Waals surface area (Å²) in [6.07, 6.45) is 0.485. The fourth-order valence-corrected chi connectivity index (χ4v) is 2.34. The van der Waals surface area contributed by atoms with Gasteiger partial charge in [0, 0.05) is 24.6 Å². The first-order valence-electron chi connectivity index (χ1n) is 6.19. The van der Waals surface area contributed by atoms with E-state index < -0.39 is 10.8 Å². The zero-order valence-electron chi connectivity index (χ0n) is 11.6. The van der Waals surface area contributed by atoms with Crippen LogP contribution in [0, 0.1) is 10.1 Å². The predicted molar refractivity (Wildman–Crippen MR) is 80.0 cm³/mol. The number of nitro groups is 1. The predicted octanol–water partition coefficient (Wildman–Crippen LogP) is 1.01. The quantitative estimate of drug-likeness (QED) is 0.598. The number of nitrogen functional groups attached to an aromatic ring is 1. The van der Waals surface area contributed by atoms with Gasteiger partial charge in [0.05, 0.1) is 12.0 Å². The van der Waals surface area contributed by atoms with Crippen LogP contribution in [0.25, 0.3) is 0 Å². The van der Waals surface area contributed by atoms with Crippen LogP contribution >= 0.6 is 11.3 Å². The molecule has 116 valence electrons. The van der Waals surface area contributed by atoms with Gasteiger partial charge in [-0.25, -0.2) is 0 Å². The van der Waals surface area contributed by atoms with Crippen LogP contribution in [-0.4, -0.2) is 34.7 Å². The second-order valence-corrected chi connectivity index (χ2v) is 5.28. The number of nitrogens with zero attached hydrogens (tertiary/aromatic N) is 3. The number of aromatic nitrogens is 2. The van der Waals surface area contributed by atoms with Crippen LogP contribution in [0.5, 0.6) is 5.75 Å². The summed E-state index contributed by atoms with van der Waals surface area (Å²) in [5.41, 5.74) is 5.38. The van der Waals surface area contributed by atoms with Gasteiger partial charge in [-0.3, -0.25) is 14.9 Å². The fourth-order valence-electron chi connectivity index (χ4n) is 1.73. The van der Waals surface area contributed by atoms with Crippen LogP contribution in [0.15, 0.2) is 18.2 Å². The van der Waals surface area contributed by atoms with Gasteiger partial charge < -0.3 is 15.8 Å². The van der Waals surface area contributed by atoms with Crippen molar-refractivity contribution in [2.75, 3.05) is 19.4 Å². The average Bonchev–Trinajstić information content (AvgIpc) is 2.91. The highest BCUT2D eigenvalue weighted by Crippen LogP contribution is 2.27. The molecule has 0 bridgehead atoms. The molecule has 2 rings (SSSR count). The first-order chi connectivity index (χ1) is 10.5. The molecule has 1 amide bonds.